The minimum Gasteiger partial charge on any atom is -0.494 e. The summed E-state index contributed by atoms with van der Waals surface area (Å²) in [6.07, 6.45) is 1.67. The maximum absolute atomic E-state index is 12.9. The number of ether oxygens (including phenoxy) is 1. The van der Waals surface area contributed by atoms with Crippen molar-refractivity contribution < 1.29 is 13.9 Å². The van der Waals surface area contributed by atoms with Crippen molar-refractivity contribution in [2.24, 2.45) is 0 Å². The topological polar surface area (TPSA) is 64.4 Å². The zero-order chi connectivity index (χ0) is 21.6. The second kappa shape index (κ2) is 9.30. The van der Waals surface area contributed by atoms with Gasteiger partial charge in [-0.3, -0.25) is 4.79 Å². The van der Waals surface area contributed by atoms with E-state index in [-0.39, 0.29) is 5.91 Å². The highest BCUT2D eigenvalue weighted by Gasteiger charge is 2.17. The van der Waals surface area contributed by atoms with E-state index in [1.165, 1.54) is 5.56 Å². The Bertz CT molecular complexity index is 1160. The molecule has 4 aromatic rings. The Morgan fingerprint density at radius 3 is 2.48 bits per heavy atom. The third-order valence-electron chi connectivity index (χ3n) is 4.93. The molecule has 0 unspecified atom stereocenters. The molecule has 1 aromatic heterocycles. The lowest BCUT2D eigenvalue weighted by Crippen LogP contribution is -2.23. The van der Waals surface area contributed by atoms with Crippen LogP contribution in [-0.4, -0.2) is 17.5 Å². The lowest BCUT2D eigenvalue weighted by molar-refractivity contribution is 0.0951. The minimum absolute atomic E-state index is 0.169. The Hall–Kier alpha value is -3.86. The first-order valence-electron chi connectivity index (χ1n) is 10.3. The van der Waals surface area contributed by atoms with Gasteiger partial charge in [0.15, 0.2) is 5.76 Å². The number of oxazole rings is 1. The zero-order valence-electron chi connectivity index (χ0n) is 17.6. The predicted octanol–water partition coefficient (Wildman–Crippen LogP) is 5.65. The van der Waals surface area contributed by atoms with E-state index < -0.39 is 0 Å². The van der Waals surface area contributed by atoms with Crippen molar-refractivity contribution in [3.8, 4) is 28.5 Å². The number of nitrogens with zero attached hydrogens (tertiary/aromatic N) is 1. The third kappa shape index (κ3) is 4.83. The molecule has 1 N–H and O–H groups in total. The molecule has 1 heterocycles. The van der Waals surface area contributed by atoms with Gasteiger partial charge in [-0.2, -0.15) is 0 Å². The summed E-state index contributed by atoms with van der Waals surface area (Å²) < 4.78 is 11.5. The second-order valence-electron chi connectivity index (χ2n) is 7.20. The number of hydrogen-bond donors (Lipinski definition) is 1. The van der Waals surface area contributed by atoms with Gasteiger partial charge in [0.05, 0.1) is 18.4 Å². The summed E-state index contributed by atoms with van der Waals surface area (Å²) in [5, 5.41) is 2.98. The van der Waals surface area contributed by atoms with Crippen LogP contribution in [0.2, 0.25) is 0 Å². The Morgan fingerprint density at radius 2 is 1.74 bits per heavy atom. The number of carbonyl (C=O) groups excluding carboxylic acids is 1. The molecule has 4 rings (SSSR count). The molecule has 5 heteroatoms. The van der Waals surface area contributed by atoms with E-state index >= 15 is 0 Å². The lowest BCUT2D eigenvalue weighted by atomic mass is 10.1. The van der Waals surface area contributed by atoms with Crippen molar-refractivity contribution in [3.05, 3.63) is 95.7 Å². The zero-order valence-corrected chi connectivity index (χ0v) is 17.6. The molecule has 0 aliphatic rings. The molecule has 0 saturated heterocycles. The number of carbonyl (C=O) groups is 1. The van der Waals surface area contributed by atoms with Gasteiger partial charge < -0.3 is 14.5 Å². The fourth-order valence-corrected chi connectivity index (χ4v) is 3.27. The molecule has 0 spiro atoms. The summed E-state index contributed by atoms with van der Waals surface area (Å²) in [7, 11) is 0. The molecule has 3 aromatic carbocycles. The Kier molecular flexibility index (Phi) is 6.13. The van der Waals surface area contributed by atoms with Crippen LogP contribution in [0.3, 0.4) is 0 Å². The number of nitrogens with one attached hydrogen (secondary N) is 1. The van der Waals surface area contributed by atoms with E-state index in [4.69, 9.17) is 9.15 Å². The lowest BCUT2D eigenvalue weighted by Gasteiger charge is -2.09. The summed E-state index contributed by atoms with van der Waals surface area (Å²) in [6.45, 7) is 5.06. The SMILES string of the molecule is CCOc1ccc(-c2cnc(-c3ccccc3C(=O)NCc3ccc(C)cc3)o2)cc1. The van der Waals surface area contributed by atoms with Gasteiger partial charge in [0, 0.05) is 17.7 Å². The summed E-state index contributed by atoms with van der Waals surface area (Å²) in [5.41, 5.74) is 4.30. The number of aryl methyl sites for hydroxylation is 1. The first kappa shape index (κ1) is 20.4. The van der Waals surface area contributed by atoms with E-state index in [1.54, 1.807) is 12.3 Å². The Labute approximate surface area is 181 Å². The summed E-state index contributed by atoms with van der Waals surface area (Å²) >= 11 is 0. The highest BCUT2D eigenvalue weighted by atomic mass is 16.5. The van der Waals surface area contributed by atoms with Gasteiger partial charge in [-0.15, -0.1) is 0 Å². The minimum atomic E-state index is -0.169. The van der Waals surface area contributed by atoms with E-state index in [1.807, 2.05) is 80.6 Å². The van der Waals surface area contributed by atoms with Crippen molar-refractivity contribution in [2.75, 3.05) is 6.61 Å². The van der Waals surface area contributed by atoms with Crippen molar-refractivity contribution in [1.82, 2.24) is 10.3 Å². The van der Waals surface area contributed by atoms with Crippen LogP contribution in [0.1, 0.15) is 28.4 Å². The maximum Gasteiger partial charge on any atom is 0.252 e. The predicted molar refractivity (Wildman–Crippen MR) is 121 cm³/mol. The first-order valence-corrected chi connectivity index (χ1v) is 10.3. The number of benzene rings is 3. The monoisotopic (exact) mass is 412 g/mol. The van der Waals surface area contributed by atoms with Crippen LogP contribution in [0.25, 0.3) is 22.8 Å². The average molecular weight is 412 g/mol. The molecule has 1 amide bonds. The van der Waals surface area contributed by atoms with Crippen LogP contribution in [0.15, 0.2) is 83.4 Å². The van der Waals surface area contributed by atoms with E-state index in [9.17, 15) is 4.79 Å². The molecule has 156 valence electrons. The average Bonchev–Trinajstić information content (AvgIpc) is 3.29. The molecule has 0 fully saturated rings. The van der Waals surface area contributed by atoms with Gasteiger partial charge in [-0.25, -0.2) is 4.98 Å². The number of amides is 1. The van der Waals surface area contributed by atoms with Crippen molar-refractivity contribution >= 4 is 5.91 Å². The van der Waals surface area contributed by atoms with Crippen LogP contribution in [0, 0.1) is 6.92 Å². The smallest absolute Gasteiger partial charge is 0.252 e. The molecule has 0 radical (unpaired) electrons. The number of aromatic nitrogens is 1. The normalized spacial score (nSPS) is 10.6. The maximum atomic E-state index is 12.9. The molecule has 0 aliphatic heterocycles. The fourth-order valence-electron chi connectivity index (χ4n) is 3.27. The summed E-state index contributed by atoms with van der Waals surface area (Å²) in [4.78, 5) is 17.3. The van der Waals surface area contributed by atoms with Crippen LogP contribution < -0.4 is 10.1 Å². The van der Waals surface area contributed by atoms with Crippen molar-refractivity contribution in [3.63, 3.8) is 0 Å². The van der Waals surface area contributed by atoms with Gasteiger partial charge in [0.25, 0.3) is 5.91 Å². The molecule has 0 bridgehead atoms. The highest BCUT2D eigenvalue weighted by Crippen LogP contribution is 2.29. The Balaban J connectivity index is 1.53. The van der Waals surface area contributed by atoms with E-state index in [0.717, 1.165) is 16.9 Å². The Morgan fingerprint density at radius 1 is 1.00 bits per heavy atom. The molecular formula is C26H24N2O3. The fraction of sp³-hybridized carbons (Fsp3) is 0.154. The summed E-state index contributed by atoms with van der Waals surface area (Å²) in [5.74, 6) is 1.68. The standard InChI is InChI=1S/C26H24N2O3/c1-3-30-21-14-12-20(13-15-21)24-17-28-26(31-24)23-7-5-4-6-22(23)25(29)27-16-19-10-8-18(2)9-11-19/h4-15,17H,3,16H2,1-2H3,(H,27,29). The quantitative estimate of drug-likeness (QED) is 0.426. The number of rotatable bonds is 7. The van der Waals surface area contributed by atoms with Gasteiger partial charge in [0.2, 0.25) is 5.89 Å². The molecule has 0 atom stereocenters. The second-order valence-corrected chi connectivity index (χ2v) is 7.20. The van der Waals surface area contributed by atoms with E-state index in [0.29, 0.717) is 35.9 Å². The van der Waals surface area contributed by atoms with Gasteiger partial charge in [-0.1, -0.05) is 42.0 Å². The third-order valence-corrected chi connectivity index (χ3v) is 4.93. The molecule has 0 aliphatic carbocycles. The van der Waals surface area contributed by atoms with Gasteiger partial charge in [0.1, 0.15) is 5.75 Å². The largest absolute Gasteiger partial charge is 0.494 e. The van der Waals surface area contributed by atoms with Crippen LogP contribution in [0.5, 0.6) is 5.75 Å². The van der Waals surface area contributed by atoms with Crippen molar-refractivity contribution in [1.29, 1.82) is 0 Å². The highest BCUT2D eigenvalue weighted by molar-refractivity contribution is 6.00. The molecule has 0 saturated carbocycles. The first-order chi connectivity index (χ1) is 15.1. The van der Waals surface area contributed by atoms with Crippen LogP contribution >= 0.6 is 0 Å². The van der Waals surface area contributed by atoms with E-state index in [2.05, 4.69) is 10.3 Å². The molecule has 31 heavy (non-hydrogen) atoms. The van der Waals surface area contributed by atoms with Gasteiger partial charge >= 0.3 is 0 Å². The van der Waals surface area contributed by atoms with Crippen molar-refractivity contribution in [2.45, 2.75) is 20.4 Å². The van der Waals surface area contributed by atoms with Crippen LogP contribution in [-0.2, 0) is 6.54 Å². The van der Waals surface area contributed by atoms with Crippen LogP contribution in [0.4, 0.5) is 0 Å². The number of hydrogen-bond acceptors (Lipinski definition) is 4. The molecule has 5 nitrogen and oxygen atoms in total. The van der Waals surface area contributed by atoms with Gasteiger partial charge in [-0.05, 0) is 55.8 Å². The summed E-state index contributed by atoms with van der Waals surface area (Å²) in [6, 6.07) is 23.1. The molecular weight excluding hydrogens is 388 g/mol.